The van der Waals surface area contributed by atoms with Crippen molar-refractivity contribution in [1.29, 1.82) is 0 Å². The van der Waals surface area contributed by atoms with Crippen LogP contribution in [0, 0.1) is 6.92 Å². The van der Waals surface area contributed by atoms with Crippen molar-refractivity contribution < 1.29 is 9.53 Å². The van der Waals surface area contributed by atoms with E-state index in [0.717, 1.165) is 20.9 Å². The van der Waals surface area contributed by atoms with Crippen LogP contribution in [-0.2, 0) is 4.74 Å². The number of pyridine rings is 1. The van der Waals surface area contributed by atoms with Gasteiger partial charge in [0.25, 0.3) is 0 Å². The summed E-state index contributed by atoms with van der Waals surface area (Å²) in [5.74, 6) is -0.398. The fourth-order valence-corrected chi connectivity index (χ4v) is 2.84. The molecule has 1 aromatic carbocycles. The molecule has 0 N–H and O–H groups in total. The third-order valence-electron chi connectivity index (χ3n) is 2.52. The van der Waals surface area contributed by atoms with Crippen LogP contribution < -0.4 is 0 Å². The summed E-state index contributed by atoms with van der Waals surface area (Å²) in [6, 6.07) is 3.91. The van der Waals surface area contributed by atoms with Crippen LogP contribution in [0.15, 0.2) is 27.3 Å². The van der Waals surface area contributed by atoms with Gasteiger partial charge < -0.3 is 4.74 Å². The minimum atomic E-state index is -0.398. The summed E-state index contributed by atoms with van der Waals surface area (Å²) in [6.07, 6.45) is 1.52. The summed E-state index contributed by atoms with van der Waals surface area (Å²) in [5.41, 5.74) is 2.30. The lowest BCUT2D eigenvalue weighted by Gasteiger charge is -2.09. The van der Waals surface area contributed by atoms with Gasteiger partial charge in [-0.3, -0.25) is 4.98 Å². The summed E-state index contributed by atoms with van der Waals surface area (Å²) in [7, 11) is 1.35. The number of carbonyl (C=O) groups is 1. The maximum atomic E-state index is 11.6. The van der Waals surface area contributed by atoms with Gasteiger partial charge in [-0.2, -0.15) is 0 Å². The van der Waals surface area contributed by atoms with Crippen LogP contribution >= 0.6 is 31.9 Å². The van der Waals surface area contributed by atoms with E-state index in [2.05, 4.69) is 36.8 Å². The van der Waals surface area contributed by atoms with Gasteiger partial charge in [0.05, 0.1) is 18.2 Å². The molecule has 0 spiro atoms. The van der Waals surface area contributed by atoms with E-state index >= 15 is 0 Å². The van der Waals surface area contributed by atoms with Gasteiger partial charge in [0.2, 0.25) is 0 Å². The molecule has 17 heavy (non-hydrogen) atoms. The van der Waals surface area contributed by atoms with Crippen molar-refractivity contribution in [2.24, 2.45) is 0 Å². The van der Waals surface area contributed by atoms with E-state index in [0.29, 0.717) is 10.0 Å². The summed E-state index contributed by atoms with van der Waals surface area (Å²) in [4.78, 5) is 15.9. The zero-order chi connectivity index (χ0) is 12.6. The Morgan fingerprint density at radius 1 is 1.35 bits per heavy atom. The van der Waals surface area contributed by atoms with Crippen molar-refractivity contribution in [3.8, 4) is 0 Å². The topological polar surface area (TPSA) is 39.2 Å². The van der Waals surface area contributed by atoms with Crippen molar-refractivity contribution in [2.75, 3.05) is 7.11 Å². The molecule has 5 heteroatoms. The van der Waals surface area contributed by atoms with Crippen LogP contribution in [0.4, 0.5) is 0 Å². The van der Waals surface area contributed by atoms with Crippen LogP contribution in [0.2, 0.25) is 0 Å². The molecule has 1 heterocycles. The van der Waals surface area contributed by atoms with Gasteiger partial charge in [-0.1, -0.05) is 6.07 Å². The van der Waals surface area contributed by atoms with E-state index in [9.17, 15) is 4.79 Å². The quantitative estimate of drug-likeness (QED) is 0.726. The van der Waals surface area contributed by atoms with E-state index in [1.807, 2.05) is 19.1 Å². The molecule has 0 amide bonds. The smallest absolute Gasteiger partial charge is 0.340 e. The predicted molar refractivity (Wildman–Crippen MR) is 73.2 cm³/mol. The molecule has 2 rings (SSSR count). The van der Waals surface area contributed by atoms with Crippen LogP contribution in [0.1, 0.15) is 15.9 Å². The molecule has 0 radical (unpaired) electrons. The van der Waals surface area contributed by atoms with Gasteiger partial charge in [0.15, 0.2) is 0 Å². The number of esters is 1. The molecule has 2 aromatic rings. The molecule has 0 bridgehead atoms. The van der Waals surface area contributed by atoms with Crippen molar-refractivity contribution >= 4 is 48.7 Å². The number of halogens is 2. The Morgan fingerprint density at radius 2 is 2.06 bits per heavy atom. The lowest BCUT2D eigenvalue weighted by Crippen LogP contribution is -2.04. The summed E-state index contributed by atoms with van der Waals surface area (Å²) >= 11 is 6.89. The molecule has 3 nitrogen and oxygen atoms in total. The highest BCUT2D eigenvalue weighted by molar-refractivity contribution is 9.11. The number of hydrogen-bond donors (Lipinski definition) is 0. The molecule has 0 aliphatic carbocycles. The summed E-state index contributed by atoms with van der Waals surface area (Å²) in [5, 5.41) is 0.919. The van der Waals surface area contributed by atoms with E-state index in [-0.39, 0.29) is 0 Å². The fraction of sp³-hybridized carbons (Fsp3) is 0.167. The maximum Gasteiger partial charge on any atom is 0.340 e. The highest BCUT2D eigenvalue weighted by Crippen LogP contribution is 2.33. The summed E-state index contributed by atoms with van der Waals surface area (Å²) in [6.45, 7) is 1.97. The van der Waals surface area contributed by atoms with Gasteiger partial charge in [-0.05, 0) is 50.4 Å². The van der Waals surface area contributed by atoms with Gasteiger partial charge in [0, 0.05) is 20.5 Å². The van der Waals surface area contributed by atoms with Gasteiger partial charge in [-0.15, -0.1) is 0 Å². The van der Waals surface area contributed by atoms with Crippen LogP contribution in [0.25, 0.3) is 10.9 Å². The second kappa shape index (κ2) is 4.74. The van der Waals surface area contributed by atoms with Crippen LogP contribution in [0.3, 0.4) is 0 Å². The Labute approximate surface area is 115 Å². The van der Waals surface area contributed by atoms with Gasteiger partial charge in [0.1, 0.15) is 0 Å². The largest absolute Gasteiger partial charge is 0.465 e. The number of carbonyl (C=O) groups excluding carboxylic acids is 1. The first-order chi connectivity index (χ1) is 8.06. The Kier molecular flexibility index (Phi) is 3.49. The number of aryl methyl sites for hydroxylation is 1. The minimum absolute atomic E-state index is 0.398. The lowest BCUT2D eigenvalue weighted by atomic mass is 10.1. The molecule has 0 saturated heterocycles. The minimum Gasteiger partial charge on any atom is -0.465 e. The van der Waals surface area contributed by atoms with Gasteiger partial charge in [-0.25, -0.2) is 4.79 Å². The first kappa shape index (κ1) is 12.5. The van der Waals surface area contributed by atoms with Crippen molar-refractivity contribution in [3.63, 3.8) is 0 Å². The molecule has 0 aliphatic rings. The SMILES string of the molecule is COC(=O)c1cnc2c(Br)ccc(C)c2c1Br. The third-order valence-corrected chi connectivity index (χ3v) is 3.98. The highest BCUT2D eigenvalue weighted by Gasteiger charge is 2.16. The predicted octanol–water partition coefficient (Wildman–Crippen LogP) is 3.85. The number of methoxy groups -OCH3 is 1. The molecule has 0 saturated carbocycles. The normalized spacial score (nSPS) is 10.6. The molecule has 0 fully saturated rings. The zero-order valence-electron chi connectivity index (χ0n) is 9.25. The van der Waals surface area contributed by atoms with Crippen molar-refractivity contribution in [3.05, 3.63) is 38.4 Å². The first-order valence-electron chi connectivity index (χ1n) is 4.88. The summed E-state index contributed by atoms with van der Waals surface area (Å²) < 4.78 is 6.33. The van der Waals surface area contributed by atoms with E-state index < -0.39 is 5.97 Å². The molecular formula is C12H9Br2NO2. The number of fused-ring (bicyclic) bond motifs is 1. The number of nitrogens with zero attached hydrogens (tertiary/aromatic N) is 1. The Balaban J connectivity index is 2.84. The molecule has 0 atom stereocenters. The Morgan fingerprint density at radius 3 is 2.71 bits per heavy atom. The number of benzene rings is 1. The monoisotopic (exact) mass is 357 g/mol. The molecule has 1 aromatic heterocycles. The van der Waals surface area contributed by atoms with Crippen LogP contribution in [0.5, 0.6) is 0 Å². The molecule has 88 valence electrons. The van der Waals surface area contributed by atoms with Crippen molar-refractivity contribution in [1.82, 2.24) is 4.98 Å². The average Bonchev–Trinajstić information content (AvgIpc) is 2.33. The second-order valence-electron chi connectivity index (χ2n) is 3.57. The highest BCUT2D eigenvalue weighted by atomic mass is 79.9. The third kappa shape index (κ3) is 2.09. The maximum absolute atomic E-state index is 11.6. The second-order valence-corrected chi connectivity index (χ2v) is 5.21. The number of hydrogen-bond acceptors (Lipinski definition) is 3. The van der Waals surface area contributed by atoms with Gasteiger partial charge >= 0.3 is 5.97 Å². The number of rotatable bonds is 1. The van der Waals surface area contributed by atoms with Crippen molar-refractivity contribution in [2.45, 2.75) is 6.92 Å². The number of ether oxygens (including phenoxy) is 1. The fourth-order valence-electron chi connectivity index (χ4n) is 1.64. The lowest BCUT2D eigenvalue weighted by molar-refractivity contribution is 0.0599. The van der Waals surface area contributed by atoms with E-state index in [1.54, 1.807) is 0 Å². The zero-order valence-corrected chi connectivity index (χ0v) is 12.4. The van der Waals surface area contributed by atoms with Crippen LogP contribution in [-0.4, -0.2) is 18.1 Å². The average molecular weight is 359 g/mol. The Bertz CT molecular complexity index is 611. The standard InChI is InChI=1S/C12H9Br2NO2/c1-6-3-4-8(13)11-9(6)10(14)7(5-15-11)12(16)17-2/h3-5H,1-2H3. The Hall–Kier alpha value is -0.940. The first-order valence-corrected chi connectivity index (χ1v) is 6.46. The number of aromatic nitrogens is 1. The van der Waals surface area contributed by atoms with E-state index in [4.69, 9.17) is 4.74 Å². The molecular weight excluding hydrogens is 350 g/mol. The van der Waals surface area contributed by atoms with E-state index in [1.165, 1.54) is 13.3 Å². The molecule has 0 aliphatic heterocycles. The molecule has 0 unspecified atom stereocenters.